The summed E-state index contributed by atoms with van der Waals surface area (Å²) < 4.78 is 11.1. The third kappa shape index (κ3) is 5.67. The van der Waals surface area contributed by atoms with E-state index in [2.05, 4.69) is 15.5 Å². The van der Waals surface area contributed by atoms with Crippen molar-refractivity contribution in [3.8, 4) is 11.5 Å². The lowest BCUT2D eigenvalue weighted by molar-refractivity contribution is -0.118. The van der Waals surface area contributed by atoms with Gasteiger partial charge in [0.2, 0.25) is 11.8 Å². The zero-order valence-corrected chi connectivity index (χ0v) is 15.9. The molecule has 0 aliphatic carbocycles. The first-order valence-corrected chi connectivity index (χ1v) is 9.67. The van der Waals surface area contributed by atoms with Crippen LogP contribution in [0.5, 0.6) is 0 Å². The highest BCUT2D eigenvalue weighted by molar-refractivity contribution is 7.99. The van der Waals surface area contributed by atoms with Gasteiger partial charge in [0.25, 0.3) is 5.22 Å². The quantitative estimate of drug-likeness (QED) is 0.568. The number of nitrogens with one attached hydrogen (secondary N) is 1. The Morgan fingerprint density at radius 1 is 1.07 bits per heavy atom. The highest BCUT2D eigenvalue weighted by atomic mass is 32.2. The van der Waals surface area contributed by atoms with Crippen LogP contribution in [0, 0.1) is 0 Å². The number of hydrogen-bond donors (Lipinski definition) is 1. The molecule has 2 aromatic carbocycles. The maximum Gasteiger partial charge on any atom is 0.277 e. The number of rotatable bonds is 9. The smallest absolute Gasteiger partial charge is 0.277 e. The molecular weight excluding hydrogens is 362 g/mol. The van der Waals surface area contributed by atoms with E-state index in [9.17, 15) is 4.79 Å². The Bertz CT molecular complexity index is 868. The van der Waals surface area contributed by atoms with Crippen LogP contribution in [-0.2, 0) is 22.7 Å². The summed E-state index contributed by atoms with van der Waals surface area (Å²) in [5.41, 5.74) is 2.98. The molecule has 0 radical (unpaired) electrons. The number of carbonyl (C=O) groups excluding carboxylic acids is 1. The maximum atomic E-state index is 12.1. The summed E-state index contributed by atoms with van der Waals surface area (Å²) in [6, 6.07) is 17.5. The highest BCUT2D eigenvalue weighted by Gasteiger charge is 2.11. The molecule has 27 heavy (non-hydrogen) atoms. The molecular formula is C20H21N3O3S. The minimum absolute atomic E-state index is 0.0920. The van der Waals surface area contributed by atoms with Crippen molar-refractivity contribution in [1.29, 1.82) is 0 Å². The van der Waals surface area contributed by atoms with Crippen molar-refractivity contribution in [2.45, 2.75) is 25.3 Å². The summed E-state index contributed by atoms with van der Waals surface area (Å²) in [7, 11) is 0. The highest BCUT2D eigenvalue weighted by Crippen LogP contribution is 2.22. The standard InChI is InChI=1S/C20H21N3O3S/c1-2-25-13-17-11-7-6-10-16(17)12-21-18(24)14-27-20-23-22-19(26-20)15-8-4-3-5-9-15/h3-11H,2,12-14H2,1H3,(H,21,24). The summed E-state index contributed by atoms with van der Waals surface area (Å²) in [5.74, 6) is 0.568. The van der Waals surface area contributed by atoms with Crippen LogP contribution >= 0.6 is 11.8 Å². The van der Waals surface area contributed by atoms with E-state index < -0.39 is 0 Å². The van der Waals surface area contributed by atoms with Crippen LogP contribution in [0.15, 0.2) is 64.2 Å². The summed E-state index contributed by atoms with van der Waals surface area (Å²) in [6.07, 6.45) is 0. The van der Waals surface area contributed by atoms with Gasteiger partial charge in [-0.25, -0.2) is 0 Å². The second kappa shape index (κ2) is 9.89. The molecule has 1 heterocycles. The zero-order chi connectivity index (χ0) is 18.9. The number of thioether (sulfide) groups is 1. The molecule has 0 aliphatic heterocycles. The van der Waals surface area contributed by atoms with Gasteiger partial charge in [-0.2, -0.15) is 0 Å². The summed E-state index contributed by atoms with van der Waals surface area (Å²) in [5, 5.41) is 11.3. The topological polar surface area (TPSA) is 77.2 Å². The van der Waals surface area contributed by atoms with E-state index in [1.807, 2.05) is 61.5 Å². The first-order chi connectivity index (χ1) is 13.3. The largest absolute Gasteiger partial charge is 0.411 e. The van der Waals surface area contributed by atoms with Crippen LogP contribution in [0.2, 0.25) is 0 Å². The van der Waals surface area contributed by atoms with Crippen LogP contribution in [0.4, 0.5) is 0 Å². The minimum Gasteiger partial charge on any atom is -0.411 e. The zero-order valence-electron chi connectivity index (χ0n) is 15.1. The van der Waals surface area contributed by atoms with Crippen molar-refractivity contribution >= 4 is 17.7 Å². The molecule has 0 saturated heterocycles. The van der Waals surface area contributed by atoms with Gasteiger partial charge in [-0.3, -0.25) is 4.79 Å². The molecule has 7 heteroatoms. The van der Waals surface area contributed by atoms with Gasteiger partial charge in [-0.1, -0.05) is 54.2 Å². The van der Waals surface area contributed by atoms with E-state index in [1.165, 1.54) is 11.8 Å². The van der Waals surface area contributed by atoms with Crippen LogP contribution in [0.25, 0.3) is 11.5 Å². The van der Waals surface area contributed by atoms with Crippen molar-refractivity contribution in [2.24, 2.45) is 0 Å². The molecule has 0 saturated carbocycles. The molecule has 3 rings (SSSR count). The fourth-order valence-corrected chi connectivity index (χ4v) is 3.01. The molecule has 0 aliphatic rings. The first kappa shape index (κ1) is 19.1. The van der Waals surface area contributed by atoms with Gasteiger partial charge in [-0.15, -0.1) is 10.2 Å². The Hall–Kier alpha value is -2.64. The lowest BCUT2D eigenvalue weighted by Gasteiger charge is -2.10. The van der Waals surface area contributed by atoms with Crippen LogP contribution in [0.1, 0.15) is 18.1 Å². The monoisotopic (exact) mass is 383 g/mol. The number of amides is 1. The van der Waals surface area contributed by atoms with E-state index in [4.69, 9.17) is 9.15 Å². The van der Waals surface area contributed by atoms with Crippen molar-refractivity contribution in [3.63, 3.8) is 0 Å². The Balaban J connectivity index is 1.49. The molecule has 0 fully saturated rings. The molecule has 0 atom stereocenters. The molecule has 6 nitrogen and oxygen atoms in total. The van der Waals surface area contributed by atoms with E-state index in [0.717, 1.165) is 16.7 Å². The van der Waals surface area contributed by atoms with Gasteiger partial charge < -0.3 is 14.5 Å². The maximum absolute atomic E-state index is 12.1. The number of ether oxygens (including phenoxy) is 1. The van der Waals surface area contributed by atoms with Crippen molar-refractivity contribution in [1.82, 2.24) is 15.5 Å². The third-order valence-corrected chi connectivity index (χ3v) is 4.63. The summed E-state index contributed by atoms with van der Waals surface area (Å²) >= 11 is 1.22. The summed E-state index contributed by atoms with van der Waals surface area (Å²) in [4.78, 5) is 12.1. The molecule has 0 spiro atoms. The fraction of sp³-hybridized carbons (Fsp3) is 0.250. The summed E-state index contributed by atoms with van der Waals surface area (Å²) in [6.45, 7) is 3.62. The van der Waals surface area contributed by atoms with Crippen LogP contribution < -0.4 is 5.32 Å². The second-order valence-corrected chi connectivity index (χ2v) is 6.64. The average Bonchev–Trinajstić information content (AvgIpc) is 3.19. The lowest BCUT2D eigenvalue weighted by Crippen LogP contribution is -2.25. The number of nitrogens with zero attached hydrogens (tertiary/aromatic N) is 2. The predicted octanol–water partition coefficient (Wildman–Crippen LogP) is 3.68. The molecule has 3 aromatic rings. The van der Waals surface area contributed by atoms with Gasteiger partial charge in [0.05, 0.1) is 12.4 Å². The van der Waals surface area contributed by atoms with Gasteiger partial charge in [0.15, 0.2) is 0 Å². The van der Waals surface area contributed by atoms with Gasteiger partial charge in [0, 0.05) is 18.7 Å². The molecule has 0 bridgehead atoms. The molecule has 1 aromatic heterocycles. The van der Waals surface area contributed by atoms with E-state index in [0.29, 0.717) is 30.9 Å². The van der Waals surface area contributed by atoms with Crippen molar-refractivity contribution in [2.75, 3.05) is 12.4 Å². The van der Waals surface area contributed by atoms with E-state index in [-0.39, 0.29) is 11.7 Å². The average molecular weight is 383 g/mol. The number of carbonyl (C=O) groups is 1. The molecule has 140 valence electrons. The van der Waals surface area contributed by atoms with Crippen molar-refractivity contribution in [3.05, 3.63) is 65.7 Å². The Morgan fingerprint density at radius 2 is 1.81 bits per heavy atom. The van der Waals surface area contributed by atoms with E-state index >= 15 is 0 Å². The van der Waals surface area contributed by atoms with Crippen LogP contribution in [-0.4, -0.2) is 28.5 Å². The molecule has 1 N–H and O–H groups in total. The number of hydrogen-bond acceptors (Lipinski definition) is 6. The number of aromatic nitrogens is 2. The Labute approximate surface area is 162 Å². The minimum atomic E-state index is -0.0920. The van der Waals surface area contributed by atoms with Crippen molar-refractivity contribution < 1.29 is 13.9 Å². The SMILES string of the molecule is CCOCc1ccccc1CNC(=O)CSc1nnc(-c2ccccc2)o1. The third-order valence-electron chi connectivity index (χ3n) is 3.81. The first-order valence-electron chi connectivity index (χ1n) is 8.69. The predicted molar refractivity (Wildman–Crippen MR) is 104 cm³/mol. The lowest BCUT2D eigenvalue weighted by atomic mass is 10.1. The van der Waals surface area contributed by atoms with Gasteiger partial charge in [0.1, 0.15) is 0 Å². The number of benzene rings is 2. The Morgan fingerprint density at radius 3 is 2.59 bits per heavy atom. The van der Waals surface area contributed by atoms with E-state index in [1.54, 1.807) is 0 Å². The molecule has 0 unspecified atom stereocenters. The van der Waals surface area contributed by atoms with Gasteiger partial charge >= 0.3 is 0 Å². The Kier molecular flexibility index (Phi) is 7.01. The fourth-order valence-electron chi connectivity index (χ4n) is 2.42. The second-order valence-electron chi connectivity index (χ2n) is 5.71. The van der Waals surface area contributed by atoms with Crippen LogP contribution in [0.3, 0.4) is 0 Å². The molecule has 1 amide bonds. The van der Waals surface area contributed by atoms with Gasteiger partial charge in [-0.05, 0) is 30.2 Å². The normalized spacial score (nSPS) is 10.7.